The van der Waals surface area contributed by atoms with Crippen molar-refractivity contribution in [3.05, 3.63) is 47.5 Å². The predicted molar refractivity (Wildman–Crippen MR) is 80.3 cm³/mol. The number of rotatable bonds is 6. The van der Waals surface area contributed by atoms with Gasteiger partial charge in [0.05, 0.1) is 0 Å². The monoisotopic (exact) mass is 279 g/mol. The highest BCUT2D eigenvalue weighted by atomic mass is 32.2. The Morgan fingerprint density at radius 1 is 1.37 bits per heavy atom. The largest absolute Gasteiger partial charge is 0.341 e. The first-order valence-corrected chi connectivity index (χ1v) is 7.78. The fraction of sp³-hybridized carbons (Fsp3) is 0.400. The molecule has 0 aliphatic rings. The highest BCUT2D eigenvalue weighted by Crippen LogP contribution is 2.09. The summed E-state index contributed by atoms with van der Waals surface area (Å²) >= 11 is 0. The Labute approximate surface area is 117 Å². The van der Waals surface area contributed by atoms with Crippen molar-refractivity contribution in [1.82, 2.24) is 4.90 Å². The van der Waals surface area contributed by atoms with Gasteiger partial charge in [0.25, 0.3) is 0 Å². The van der Waals surface area contributed by atoms with E-state index in [0.717, 1.165) is 11.1 Å². The van der Waals surface area contributed by atoms with Gasteiger partial charge in [0.15, 0.2) is 0 Å². The number of benzene rings is 1. The van der Waals surface area contributed by atoms with Crippen LogP contribution in [-0.2, 0) is 22.1 Å². The van der Waals surface area contributed by atoms with Crippen molar-refractivity contribution in [2.24, 2.45) is 0 Å². The van der Waals surface area contributed by atoms with E-state index in [1.807, 2.05) is 50.3 Å². The number of hydrogen-bond donors (Lipinski definition) is 0. The number of carbonyl (C=O) groups excluding carboxylic acids is 1. The average Bonchev–Trinajstić information content (AvgIpc) is 2.38. The smallest absolute Gasteiger partial charge is 0.235 e. The Bertz CT molecular complexity index is 483. The fourth-order valence-electron chi connectivity index (χ4n) is 1.64. The van der Waals surface area contributed by atoms with Gasteiger partial charge in [-0.05, 0) is 25.0 Å². The molecule has 0 aromatic heterocycles. The maximum Gasteiger partial charge on any atom is 0.235 e. The summed E-state index contributed by atoms with van der Waals surface area (Å²) in [7, 11) is 0.640. The van der Waals surface area contributed by atoms with Crippen LogP contribution >= 0.6 is 0 Å². The first-order valence-electron chi connectivity index (χ1n) is 6.29. The van der Waals surface area contributed by atoms with Crippen molar-refractivity contribution in [2.75, 3.05) is 18.6 Å². The molecule has 0 heterocycles. The van der Waals surface area contributed by atoms with Gasteiger partial charge in [0.1, 0.15) is 5.75 Å². The minimum Gasteiger partial charge on any atom is -0.341 e. The minimum atomic E-state index is -1.11. The Balaban J connectivity index is 2.54. The number of hydrogen-bond acceptors (Lipinski definition) is 2. The Morgan fingerprint density at radius 2 is 2.05 bits per heavy atom. The molecule has 0 fully saturated rings. The lowest BCUT2D eigenvalue weighted by Gasteiger charge is -2.18. The van der Waals surface area contributed by atoms with E-state index in [-0.39, 0.29) is 11.7 Å². The SMILES string of the molecule is C/C=C/C[S@](=O)CC(=O)N(C)Cc1ccccc1C. The summed E-state index contributed by atoms with van der Waals surface area (Å²) in [5, 5.41) is 0. The molecule has 3 nitrogen and oxygen atoms in total. The van der Waals surface area contributed by atoms with Crippen LogP contribution in [0.25, 0.3) is 0 Å². The second-order valence-electron chi connectivity index (χ2n) is 4.50. The summed E-state index contributed by atoms with van der Waals surface area (Å²) in [6.07, 6.45) is 3.67. The van der Waals surface area contributed by atoms with Crippen LogP contribution in [0.15, 0.2) is 36.4 Å². The van der Waals surface area contributed by atoms with Crippen LogP contribution in [0, 0.1) is 6.92 Å². The van der Waals surface area contributed by atoms with Crippen LogP contribution in [0.1, 0.15) is 18.1 Å². The lowest BCUT2D eigenvalue weighted by atomic mass is 10.1. The quantitative estimate of drug-likeness (QED) is 0.749. The van der Waals surface area contributed by atoms with Crippen LogP contribution in [0.5, 0.6) is 0 Å². The van der Waals surface area contributed by atoms with Gasteiger partial charge in [-0.15, -0.1) is 0 Å². The van der Waals surface area contributed by atoms with Crippen molar-refractivity contribution in [3.63, 3.8) is 0 Å². The van der Waals surface area contributed by atoms with Crippen molar-refractivity contribution in [3.8, 4) is 0 Å². The van der Waals surface area contributed by atoms with E-state index in [9.17, 15) is 9.00 Å². The molecular formula is C15H21NO2S. The molecule has 0 bridgehead atoms. The van der Waals surface area contributed by atoms with E-state index in [1.165, 1.54) is 0 Å². The van der Waals surface area contributed by atoms with Gasteiger partial charge in [0.2, 0.25) is 5.91 Å². The zero-order valence-corrected chi connectivity index (χ0v) is 12.6. The summed E-state index contributed by atoms with van der Waals surface area (Å²) in [6, 6.07) is 7.98. The molecule has 4 heteroatoms. The number of amides is 1. The van der Waals surface area contributed by atoms with Crippen LogP contribution in [0.4, 0.5) is 0 Å². The highest BCUT2D eigenvalue weighted by Gasteiger charge is 2.13. The van der Waals surface area contributed by atoms with E-state index in [2.05, 4.69) is 0 Å². The van der Waals surface area contributed by atoms with Crippen molar-refractivity contribution in [2.45, 2.75) is 20.4 Å². The molecule has 0 saturated carbocycles. The van der Waals surface area contributed by atoms with Gasteiger partial charge in [-0.1, -0.05) is 36.4 Å². The van der Waals surface area contributed by atoms with E-state index in [4.69, 9.17) is 0 Å². The molecule has 1 atom stereocenters. The molecule has 0 N–H and O–H groups in total. The lowest BCUT2D eigenvalue weighted by molar-refractivity contribution is -0.127. The first-order chi connectivity index (χ1) is 9.04. The van der Waals surface area contributed by atoms with E-state index in [0.29, 0.717) is 12.3 Å². The number of allylic oxidation sites excluding steroid dienone is 1. The standard InChI is InChI=1S/C15H21NO2S/c1-4-5-10-19(18)12-15(17)16(3)11-14-9-7-6-8-13(14)2/h4-9H,10-12H2,1-3H3/b5-4+/t19-/m0/s1. The fourth-order valence-corrected chi connectivity index (χ4v) is 2.66. The van der Waals surface area contributed by atoms with Gasteiger partial charge in [-0.3, -0.25) is 9.00 Å². The third-order valence-corrected chi connectivity index (χ3v) is 4.03. The number of carbonyl (C=O) groups is 1. The van der Waals surface area contributed by atoms with Crippen LogP contribution in [-0.4, -0.2) is 33.6 Å². The Morgan fingerprint density at radius 3 is 2.68 bits per heavy atom. The highest BCUT2D eigenvalue weighted by molar-refractivity contribution is 7.85. The minimum absolute atomic E-state index is 0.0777. The second kappa shape index (κ2) is 7.89. The molecule has 0 aliphatic heterocycles. The van der Waals surface area contributed by atoms with Crippen molar-refractivity contribution in [1.29, 1.82) is 0 Å². The van der Waals surface area contributed by atoms with Crippen LogP contribution in [0.3, 0.4) is 0 Å². The third kappa shape index (κ3) is 5.39. The summed E-state index contributed by atoms with van der Waals surface area (Å²) < 4.78 is 11.6. The molecule has 0 unspecified atom stereocenters. The average molecular weight is 279 g/mol. The maximum atomic E-state index is 11.9. The molecule has 104 valence electrons. The topological polar surface area (TPSA) is 37.4 Å². The molecule has 0 saturated heterocycles. The number of aryl methyl sites for hydroxylation is 1. The third-order valence-electron chi connectivity index (χ3n) is 2.90. The Hall–Kier alpha value is -1.42. The Kier molecular flexibility index (Phi) is 6.50. The molecule has 19 heavy (non-hydrogen) atoms. The molecular weight excluding hydrogens is 258 g/mol. The van der Waals surface area contributed by atoms with Crippen LogP contribution < -0.4 is 0 Å². The van der Waals surface area contributed by atoms with Gasteiger partial charge >= 0.3 is 0 Å². The summed E-state index contributed by atoms with van der Waals surface area (Å²) in [6.45, 7) is 4.47. The maximum absolute atomic E-state index is 11.9. The van der Waals surface area contributed by atoms with Crippen molar-refractivity contribution >= 4 is 16.7 Å². The zero-order valence-electron chi connectivity index (χ0n) is 11.8. The molecule has 0 spiro atoms. The normalized spacial score (nSPS) is 12.6. The molecule has 1 aromatic rings. The second-order valence-corrected chi connectivity index (χ2v) is 6.00. The van der Waals surface area contributed by atoms with Crippen molar-refractivity contribution < 1.29 is 9.00 Å². The van der Waals surface area contributed by atoms with Gasteiger partial charge < -0.3 is 4.90 Å². The number of nitrogens with zero attached hydrogens (tertiary/aromatic N) is 1. The van der Waals surface area contributed by atoms with E-state index in [1.54, 1.807) is 11.9 Å². The molecule has 1 amide bonds. The first kappa shape index (κ1) is 15.6. The predicted octanol–water partition coefficient (Wildman–Crippen LogP) is 2.28. The molecule has 1 aromatic carbocycles. The van der Waals surface area contributed by atoms with Gasteiger partial charge in [-0.25, -0.2) is 0 Å². The summed E-state index contributed by atoms with van der Waals surface area (Å²) in [5.74, 6) is 0.457. The summed E-state index contributed by atoms with van der Waals surface area (Å²) in [4.78, 5) is 13.6. The van der Waals surface area contributed by atoms with Gasteiger partial charge in [0, 0.05) is 30.1 Å². The molecule has 0 radical (unpaired) electrons. The van der Waals surface area contributed by atoms with E-state index >= 15 is 0 Å². The van der Waals surface area contributed by atoms with E-state index < -0.39 is 10.8 Å². The molecule has 1 rings (SSSR count). The van der Waals surface area contributed by atoms with Crippen LogP contribution in [0.2, 0.25) is 0 Å². The zero-order chi connectivity index (χ0) is 14.3. The molecule has 0 aliphatic carbocycles. The summed E-state index contributed by atoms with van der Waals surface area (Å²) in [5.41, 5.74) is 2.29. The lowest BCUT2D eigenvalue weighted by Crippen LogP contribution is -2.31. The van der Waals surface area contributed by atoms with Gasteiger partial charge in [-0.2, -0.15) is 0 Å².